The minimum Gasteiger partial charge on any atom is -0.329 e. The summed E-state index contributed by atoms with van der Waals surface area (Å²) in [5, 5.41) is 2.49. The molecule has 0 fully saturated rings. The van der Waals surface area contributed by atoms with Gasteiger partial charge in [-0.1, -0.05) is 67.8 Å². The van der Waals surface area contributed by atoms with Crippen molar-refractivity contribution in [2.24, 2.45) is 0 Å². The molecule has 0 aliphatic heterocycles. The van der Waals surface area contributed by atoms with Gasteiger partial charge in [0.1, 0.15) is 0 Å². The molecule has 2 nitrogen and oxygen atoms in total. The molecule has 0 unspecified atom stereocenters. The summed E-state index contributed by atoms with van der Waals surface area (Å²) < 4.78 is 0. The number of rotatable bonds is 3. The van der Waals surface area contributed by atoms with Crippen LogP contribution in [0.5, 0.6) is 0 Å². The lowest BCUT2D eigenvalue weighted by Gasteiger charge is -1.97. The SMILES string of the molecule is C=CNC(=O)c1ccccc1.C=Cc1ccccc1. The standard InChI is InChI=1S/C9H9NO.C8H8/c1-2-10-9(11)8-6-4-3-5-7-8;1-2-8-6-4-3-5-7-8/h2-7H,1H2,(H,10,11);2-7H,1H2. The average molecular weight is 251 g/mol. The zero-order chi connectivity index (χ0) is 13.9. The highest BCUT2D eigenvalue weighted by Crippen LogP contribution is 1.97. The smallest absolute Gasteiger partial charge is 0.255 e. The molecular weight excluding hydrogens is 234 g/mol. The first-order chi connectivity index (χ1) is 9.27. The maximum atomic E-state index is 11.1. The van der Waals surface area contributed by atoms with Crippen LogP contribution in [0.1, 0.15) is 15.9 Å². The van der Waals surface area contributed by atoms with E-state index in [-0.39, 0.29) is 5.91 Å². The average Bonchev–Trinajstić information content (AvgIpc) is 2.50. The lowest BCUT2D eigenvalue weighted by Crippen LogP contribution is -2.15. The van der Waals surface area contributed by atoms with E-state index in [1.165, 1.54) is 11.8 Å². The van der Waals surface area contributed by atoms with Gasteiger partial charge in [-0.2, -0.15) is 0 Å². The molecule has 0 aliphatic rings. The zero-order valence-electron chi connectivity index (χ0n) is 10.8. The molecule has 0 saturated carbocycles. The second-order valence-corrected chi connectivity index (χ2v) is 3.66. The molecule has 19 heavy (non-hydrogen) atoms. The van der Waals surface area contributed by atoms with Crippen LogP contribution in [0.4, 0.5) is 0 Å². The summed E-state index contributed by atoms with van der Waals surface area (Å²) in [6.07, 6.45) is 3.20. The molecule has 2 aromatic carbocycles. The van der Waals surface area contributed by atoms with Gasteiger partial charge >= 0.3 is 0 Å². The molecule has 0 bridgehead atoms. The fraction of sp³-hybridized carbons (Fsp3) is 0. The van der Waals surface area contributed by atoms with Crippen molar-refractivity contribution in [3.8, 4) is 0 Å². The van der Waals surface area contributed by atoms with Crippen molar-refractivity contribution in [2.45, 2.75) is 0 Å². The molecule has 2 heteroatoms. The number of benzene rings is 2. The van der Waals surface area contributed by atoms with Crippen LogP contribution in [0, 0.1) is 0 Å². The quantitative estimate of drug-likeness (QED) is 0.881. The van der Waals surface area contributed by atoms with Gasteiger partial charge in [-0.25, -0.2) is 0 Å². The number of carbonyl (C=O) groups is 1. The Hall–Kier alpha value is -2.61. The van der Waals surface area contributed by atoms with Crippen molar-refractivity contribution in [1.82, 2.24) is 5.32 Å². The number of hydrogen-bond donors (Lipinski definition) is 1. The number of amides is 1. The second-order valence-electron chi connectivity index (χ2n) is 3.66. The lowest BCUT2D eigenvalue weighted by atomic mass is 10.2. The molecule has 0 aromatic heterocycles. The van der Waals surface area contributed by atoms with Crippen LogP contribution in [0.15, 0.2) is 80.0 Å². The summed E-state index contributed by atoms with van der Waals surface area (Å²) in [7, 11) is 0. The molecule has 96 valence electrons. The molecule has 1 amide bonds. The Labute approximate surface area is 114 Å². The van der Waals surface area contributed by atoms with Crippen LogP contribution in [0.3, 0.4) is 0 Å². The Morgan fingerprint density at radius 1 is 0.895 bits per heavy atom. The van der Waals surface area contributed by atoms with E-state index < -0.39 is 0 Å². The van der Waals surface area contributed by atoms with E-state index in [1.54, 1.807) is 12.1 Å². The predicted molar refractivity (Wildman–Crippen MR) is 80.6 cm³/mol. The summed E-state index contributed by atoms with van der Waals surface area (Å²) in [5.41, 5.74) is 1.82. The van der Waals surface area contributed by atoms with E-state index in [4.69, 9.17) is 0 Å². The van der Waals surface area contributed by atoms with Crippen LogP contribution >= 0.6 is 0 Å². The van der Waals surface area contributed by atoms with Gasteiger partial charge in [0.2, 0.25) is 0 Å². The molecule has 0 radical (unpaired) electrons. The molecular formula is C17H17NO. The van der Waals surface area contributed by atoms with Gasteiger partial charge in [0.15, 0.2) is 0 Å². The third-order valence-corrected chi connectivity index (χ3v) is 2.30. The van der Waals surface area contributed by atoms with E-state index in [1.807, 2.05) is 54.6 Å². The van der Waals surface area contributed by atoms with Crippen molar-refractivity contribution >= 4 is 12.0 Å². The van der Waals surface area contributed by atoms with E-state index in [0.29, 0.717) is 5.56 Å². The van der Waals surface area contributed by atoms with Gasteiger partial charge < -0.3 is 5.32 Å². The van der Waals surface area contributed by atoms with Crippen LogP contribution in [-0.4, -0.2) is 5.91 Å². The summed E-state index contributed by atoms with van der Waals surface area (Å²) >= 11 is 0. The van der Waals surface area contributed by atoms with Crippen LogP contribution < -0.4 is 5.32 Å². The molecule has 0 atom stereocenters. The summed E-state index contributed by atoms with van der Waals surface area (Å²) in [5.74, 6) is -0.124. The first-order valence-electron chi connectivity index (χ1n) is 5.92. The van der Waals surface area contributed by atoms with Crippen molar-refractivity contribution < 1.29 is 4.79 Å². The third-order valence-electron chi connectivity index (χ3n) is 2.30. The summed E-state index contributed by atoms with van der Waals surface area (Å²) in [4.78, 5) is 11.1. The predicted octanol–water partition coefficient (Wildman–Crippen LogP) is 3.89. The largest absolute Gasteiger partial charge is 0.329 e. The first kappa shape index (κ1) is 14.5. The van der Waals surface area contributed by atoms with Gasteiger partial charge in [0.05, 0.1) is 0 Å². The van der Waals surface area contributed by atoms with E-state index in [2.05, 4.69) is 18.5 Å². The Morgan fingerprint density at radius 2 is 1.42 bits per heavy atom. The third kappa shape index (κ3) is 5.50. The first-order valence-corrected chi connectivity index (χ1v) is 5.92. The molecule has 2 aromatic rings. The molecule has 0 heterocycles. The van der Waals surface area contributed by atoms with Crippen LogP contribution in [0.2, 0.25) is 0 Å². The van der Waals surface area contributed by atoms with Crippen molar-refractivity contribution in [1.29, 1.82) is 0 Å². The van der Waals surface area contributed by atoms with Crippen molar-refractivity contribution in [3.05, 3.63) is 91.1 Å². The minimum absolute atomic E-state index is 0.124. The minimum atomic E-state index is -0.124. The molecule has 0 aliphatic carbocycles. The van der Waals surface area contributed by atoms with Gasteiger partial charge in [0, 0.05) is 5.56 Å². The monoisotopic (exact) mass is 251 g/mol. The van der Waals surface area contributed by atoms with E-state index in [0.717, 1.165) is 0 Å². The number of nitrogens with one attached hydrogen (secondary N) is 1. The van der Waals surface area contributed by atoms with Gasteiger partial charge in [-0.15, -0.1) is 0 Å². The highest BCUT2D eigenvalue weighted by Gasteiger charge is 1.99. The maximum Gasteiger partial charge on any atom is 0.255 e. The van der Waals surface area contributed by atoms with E-state index >= 15 is 0 Å². The summed E-state index contributed by atoms with van der Waals surface area (Å²) in [6.45, 7) is 7.03. The van der Waals surface area contributed by atoms with Crippen LogP contribution in [-0.2, 0) is 0 Å². The Morgan fingerprint density at radius 3 is 1.84 bits per heavy atom. The Kier molecular flexibility index (Phi) is 6.45. The maximum absolute atomic E-state index is 11.1. The zero-order valence-corrected chi connectivity index (χ0v) is 10.8. The van der Waals surface area contributed by atoms with Crippen molar-refractivity contribution in [2.75, 3.05) is 0 Å². The molecule has 0 saturated heterocycles. The lowest BCUT2D eigenvalue weighted by molar-refractivity contribution is 0.0970. The second kappa shape index (κ2) is 8.48. The fourth-order valence-corrected chi connectivity index (χ4v) is 1.35. The van der Waals surface area contributed by atoms with Gasteiger partial charge in [-0.05, 0) is 23.9 Å². The Balaban J connectivity index is 0.000000200. The Bertz CT molecular complexity index is 517. The normalized spacial score (nSPS) is 8.63. The van der Waals surface area contributed by atoms with Crippen LogP contribution in [0.25, 0.3) is 6.08 Å². The summed E-state index contributed by atoms with van der Waals surface area (Å²) in [6, 6.07) is 19.0. The van der Waals surface area contributed by atoms with Gasteiger partial charge in [-0.3, -0.25) is 4.79 Å². The number of hydrogen-bond acceptors (Lipinski definition) is 1. The molecule has 1 N–H and O–H groups in total. The highest BCUT2D eigenvalue weighted by atomic mass is 16.1. The fourth-order valence-electron chi connectivity index (χ4n) is 1.35. The molecule has 2 rings (SSSR count). The highest BCUT2D eigenvalue weighted by molar-refractivity contribution is 5.94. The van der Waals surface area contributed by atoms with Crippen molar-refractivity contribution in [3.63, 3.8) is 0 Å². The van der Waals surface area contributed by atoms with E-state index in [9.17, 15) is 4.79 Å². The topological polar surface area (TPSA) is 29.1 Å². The number of carbonyl (C=O) groups excluding carboxylic acids is 1. The molecule has 0 spiro atoms. The van der Waals surface area contributed by atoms with Gasteiger partial charge in [0.25, 0.3) is 5.91 Å².